The molecule has 1 atom stereocenters. The third kappa shape index (κ3) is 2.95. The normalized spacial score (nSPS) is 18.9. The van der Waals surface area contributed by atoms with Gasteiger partial charge in [-0.05, 0) is 38.0 Å². The second kappa shape index (κ2) is 5.70. The molecule has 1 fully saturated rings. The third-order valence-electron chi connectivity index (χ3n) is 3.69. The van der Waals surface area contributed by atoms with Gasteiger partial charge in [0.25, 0.3) is 0 Å². The van der Waals surface area contributed by atoms with Gasteiger partial charge in [-0.15, -0.1) is 0 Å². The van der Waals surface area contributed by atoms with Crippen molar-refractivity contribution in [3.8, 4) is 0 Å². The molecule has 1 aliphatic heterocycles. The Labute approximate surface area is 113 Å². The lowest BCUT2D eigenvalue weighted by molar-refractivity contribution is 0.101. The van der Waals surface area contributed by atoms with Crippen molar-refractivity contribution >= 4 is 11.5 Å². The molecule has 0 amide bonds. The van der Waals surface area contributed by atoms with E-state index in [-0.39, 0.29) is 11.6 Å². The molecule has 0 N–H and O–H groups in total. The average molecular weight is 265 g/mol. The van der Waals surface area contributed by atoms with Crippen LogP contribution in [-0.4, -0.2) is 32.6 Å². The molecule has 1 aliphatic rings. The Morgan fingerprint density at radius 1 is 1.53 bits per heavy atom. The lowest BCUT2D eigenvalue weighted by Crippen LogP contribution is -2.23. The first-order chi connectivity index (χ1) is 9.02. The number of Topliss-reactive ketones (excluding diaryl/α,β-unsaturated/α-hetero) is 1. The van der Waals surface area contributed by atoms with Crippen molar-refractivity contribution in [3.63, 3.8) is 0 Å². The Kier molecular flexibility index (Phi) is 4.20. The monoisotopic (exact) mass is 265 g/mol. The molecule has 0 aromatic heterocycles. The number of carbonyl (C=O) groups is 1. The molecule has 2 rings (SSSR count). The number of methoxy groups -OCH3 is 1. The van der Waals surface area contributed by atoms with Crippen LogP contribution in [0.25, 0.3) is 0 Å². The van der Waals surface area contributed by atoms with E-state index in [0.29, 0.717) is 17.0 Å². The van der Waals surface area contributed by atoms with Crippen LogP contribution < -0.4 is 4.90 Å². The first-order valence-electron chi connectivity index (χ1n) is 6.58. The van der Waals surface area contributed by atoms with E-state index in [9.17, 15) is 9.18 Å². The van der Waals surface area contributed by atoms with E-state index in [2.05, 4.69) is 4.90 Å². The molecule has 0 saturated carbocycles. The van der Waals surface area contributed by atoms with Crippen LogP contribution in [0.2, 0.25) is 0 Å². The van der Waals surface area contributed by atoms with Gasteiger partial charge in [-0.3, -0.25) is 4.79 Å². The number of anilines is 1. The highest BCUT2D eigenvalue weighted by Gasteiger charge is 2.25. The molecule has 1 aromatic rings. The average Bonchev–Trinajstić information content (AvgIpc) is 2.81. The van der Waals surface area contributed by atoms with E-state index in [4.69, 9.17) is 4.74 Å². The van der Waals surface area contributed by atoms with E-state index < -0.39 is 0 Å². The summed E-state index contributed by atoms with van der Waals surface area (Å²) in [4.78, 5) is 13.8. The van der Waals surface area contributed by atoms with Crippen LogP contribution in [0.15, 0.2) is 12.1 Å². The first kappa shape index (κ1) is 14.0. The molecule has 1 saturated heterocycles. The minimum absolute atomic E-state index is 0.0934. The molecule has 0 radical (unpaired) electrons. The Balaban J connectivity index is 2.29. The van der Waals surface area contributed by atoms with Crippen LogP contribution in [0, 0.1) is 18.7 Å². The van der Waals surface area contributed by atoms with Gasteiger partial charge < -0.3 is 9.64 Å². The van der Waals surface area contributed by atoms with Crippen LogP contribution in [0.3, 0.4) is 0 Å². The number of ketones is 1. The van der Waals surface area contributed by atoms with Crippen molar-refractivity contribution in [2.24, 2.45) is 5.92 Å². The molecule has 0 bridgehead atoms. The van der Waals surface area contributed by atoms with Crippen LogP contribution in [-0.2, 0) is 4.74 Å². The topological polar surface area (TPSA) is 29.5 Å². The summed E-state index contributed by atoms with van der Waals surface area (Å²) >= 11 is 0. The predicted molar refractivity (Wildman–Crippen MR) is 73.3 cm³/mol. The molecule has 0 spiro atoms. The molecule has 19 heavy (non-hydrogen) atoms. The third-order valence-corrected chi connectivity index (χ3v) is 3.69. The van der Waals surface area contributed by atoms with Crippen molar-refractivity contribution < 1.29 is 13.9 Å². The standard InChI is InChI=1S/C15H20FNO2/c1-10-6-15(13(11(2)18)7-14(10)16)17-5-4-12(8-17)9-19-3/h6-7,12H,4-5,8-9H2,1-3H3. The van der Waals surface area contributed by atoms with Gasteiger partial charge >= 0.3 is 0 Å². The summed E-state index contributed by atoms with van der Waals surface area (Å²) in [5, 5.41) is 0. The van der Waals surface area contributed by atoms with Crippen LogP contribution in [0.5, 0.6) is 0 Å². The van der Waals surface area contributed by atoms with Crippen molar-refractivity contribution in [2.45, 2.75) is 20.3 Å². The summed E-state index contributed by atoms with van der Waals surface area (Å²) in [6, 6.07) is 3.14. The number of aryl methyl sites for hydroxylation is 1. The minimum Gasteiger partial charge on any atom is -0.384 e. The van der Waals surface area contributed by atoms with Crippen molar-refractivity contribution in [1.82, 2.24) is 0 Å². The maximum atomic E-state index is 13.6. The van der Waals surface area contributed by atoms with Gasteiger partial charge in [0.15, 0.2) is 5.78 Å². The van der Waals surface area contributed by atoms with Crippen molar-refractivity contribution in [1.29, 1.82) is 0 Å². The zero-order chi connectivity index (χ0) is 14.0. The molecule has 104 valence electrons. The molecule has 1 unspecified atom stereocenters. The maximum absolute atomic E-state index is 13.6. The fourth-order valence-corrected chi connectivity index (χ4v) is 2.63. The van der Waals surface area contributed by atoms with Gasteiger partial charge in [-0.1, -0.05) is 0 Å². The number of hydrogen-bond donors (Lipinski definition) is 0. The lowest BCUT2D eigenvalue weighted by atomic mass is 10.0. The fraction of sp³-hybridized carbons (Fsp3) is 0.533. The predicted octanol–water partition coefficient (Wildman–Crippen LogP) is 2.81. The smallest absolute Gasteiger partial charge is 0.161 e. The van der Waals surface area contributed by atoms with Crippen molar-refractivity contribution in [2.75, 3.05) is 31.7 Å². The van der Waals surface area contributed by atoms with E-state index in [1.807, 2.05) is 0 Å². The summed E-state index contributed by atoms with van der Waals surface area (Å²) in [7, 11) is 1.70. The summed E-state index contributed by atoms with van der Waals surface area (Å²) in [6.45, 7) is 5.69. The fourth-order valence-electron chi connectivity index (χ4n) is 2.63. The summed E-state index contributed by atoms with van der Waals surface area (Å²) in [6.07, 6.45) is 1.04. The van der Waals surface area contributed by atoms with E-state index in [1.54, 1.807) is 20.1 Å². The highest BCUT2D eigenvalue weighted by atomic mass is 19.1. The van der Waals surface area contributed by atoms with Crippen LogP contribution >= 0.6 is 0 Å². The number of carbonyl (C=O) groups excluding carboxylic acids is 1. The van der Waals surface area contributed by atoms with Gasteiger partial charge in [-0.2, -0.15) is 0 Å². The lowest BCUT2D eigenvalue weighted by Gasteiger charge is -2.22. The van der Waals surface area contributed by atoms with Gasteiger partial charge in [-0.25, -0.2) is 4.39 Å². The van der Waals surface area contributed by atoms with Gasteiger partial charge in [0.05, 0.1) is 6.61 Å². The molecular weight excluding hydrogens is 245 g/mol. The second-order valence-electron chi connectivity index (χ2n) is 5.23. The number of halogens is 1. The summed E-state index contributed by atoms with van der Waals surface area (Å²) < 4.78 is 18.8. The summed E-state index contributed by atoms with van der Waals surface area (Å²) in [5.74, 6) is 0.0702. The largest absolute Gasteiger partial charge is 0.384 e. The van der Waals surface area contributed by atoms with Gasteiger partial charge in [0.1, 0.15) is 5.82 Å². The zero-order valence-corrected chi connectivity index (χ0v) is 11.7. The van der Waals surface area contributed by atoms with Gasteiger partial charge in [0, 0.05) is 37.4 Å². The van der Waals surface area contributed by atoms with Crippen LogP contribution in [0.1, 0.15) is 29.3 Å². The maximum Gasteiger partial charge on any atom is 0.161 e. The zero-order valence-electron chi connectivity index (χ0n) is 11.7. The Hall–Kier alpha value is -1.42. The Morgan fingerprint density at radius 2 is 2.26 bits per heavy atom. The SMILES string of the molecule is COCC1CCN(c2cc(C)c(F)cc2C(C)=O)C1. The van der Waals surface area contributed by atoms with Gasteiger partial charge in [0.2, 0.25) is 0 Å². The molecule has 3 nitrogen and oxygen atoms in total. The van der Waals surface area contributed by atoms with E-state index >= 15 is 0 Å². The van der Waals surface area contributed by atoms with E-state index in [0.717, 1.165) is 31.8 Å². The molecule has 1 aromatic carbocycles. The van der Waals surface area contributed by atoms with Crippen LogP contribution in [0.4, 0.5) is 10.1 Å². The second-order valence-corrected chi connectivity index (χ2v) is 5.23. The molecular formula is C15H20FNO2. The minimum atomic E-state index is -0.318. The van der Waals surface area contributed by atoms with Crippen molar-refractivity contribution in [3.05, 3.63) is 29.1 Å². The molecule has 4 heteroatoms. The quantitative estimate of drug-likeness (QED) is 0.784. The number of benzene rings is 1. The van der Waals surface area contributed by atoms with E-state index in [1.165, 1.54) is 13.0 Å². The number of hydrogen-bond acceptors (Lipinski definition) is 3. The number of rotatable bonds is 4. The summed E-state index contributed by atoms with van der Waals surface area (Å²) in [5.41, 5.74) is 1.90. The highest BCUT2D eigenvalue weighted by Crippen LogP contribution is 2.29. The Bertz CT molecular complexity index is 487. The number of nitrogens with zero attached hydrogens (tertiary/aromatic N) is 1. The first-order valence-corrected chi connectivity index (χ1v) is 6.58. The Morgan fingerprint density at radius 3 is 2.89 bits per heavy atom. The number of ether oxygens (including phenoxy) is 1. The highest BCUT2D eigenvalue weighted by molar-refractivity contribution is 6.00. The molecule has 0 aliphatic carbocycles. The molecule has 1 heterocycles.